The van der Waals surface area contributed by atoms with E-state index >= 15 is 0 Å². The summed E-state index contributed by atoms with van der Waals surface area (Å²) in [5.74, 6) is 0. The molecule has 1 heterocycles. The molecule has 0 fully saturated rings. The van der Waals surface area contributed by atoms with Gasteiger partial charge in [0.05, 0.1) is 11.4 Å². The van der Waals surface area contributed by atoms with Gasteiger partial charge in [0.2, 0.25) is 0 Å². The third kappa shape index (κ3) is 1.49. The van der Waals surface area contributed by atoms with Gasteiger partial charge in [-0.1, -0.05) is 30.3 Å². The zero-order valence-corrected chi connectivity index (χ0v) is 10.6. The van der Waals surface area contributed by atoms with Crippen LogP contribution in [0.2, 0.25) is 0 Å². The van der Waals surface area contributed by atoms with Crippen LogP contribution in [0.15, 0.2) is 48.5 Å². The second-order valence-corrected chi connectivity index (χ2v) is 4.65. The Morgan fingerprint density at radius 3 is 2.22 bits per heavy atom. The molecule has 0 N–H and O–H groups in total. The van der Waals surface area contributed by atoms with Crippen molar-refractivity contribution in [1.29, 1.82) is 0 Å². The maximum absolute atomic E-state index is 7.83. The van der Waals surface area contributed by atoms with Crippen LogP contribution in [0.3, 0.4) is 0 Å². The molecular formula is C16H18N2. The van der Waals surface area contributed by atoms with E-state index in [0.29, 0.717) is 0 Å². The topological polar surface area (TPSA) is 6.48 Å². The third-order valence-electron chi connectivity index (χ3n) is 3.52. The lowest BCUT2D eigenvalue weighted by Crippen LogP contribution is -2.35. The molecule has 2 nitrogen and oxygen atoms in total. The van der Waals surface area contributed by atoms with Crippen LogP contribution in [0.1, 0.15) is 16.6 Å². The average molecular weight is 241 g/mol. The normalized spacial score (nSPS) is 21.2. The predicted molar refractivity (Wildman–Crippen MR) is 77.6 cm³/mol. The summed E-state index contributed by atoms with van der Waals surface area (Å²) in [5.41, 5.74) is 3.87. The minimum Gasteiger partial charge on any atom is -0.353 e. The number of hydrogen-bond donors (Lipinski definition) is 0. The summed E-state index contributed by atoms with van der Waals surface area (Å²) in [6.07, 6.45) is -0.254. The van der Waals surface area contributed by atoms with Gasteiger partial charge in [0.1, 0.15) is 6.17 Å². The molecule has 92 valence electrons. The van der Waals surface area contributed by atoms with Gasteiger partial charge in [0.25, 0.3) is 0 Å². The van der Waals surface area contributed by atoms with Gasteiger partial charge in [-0.3, -0.25) is 0 Å². The first-order chi connectivity index (χ1) is 9.91. The highest BCUT2D eigenvalue weighted by Gasteiger charge is 2.31. The molecular weight excluding hydrogens is 220 g/mol. The number of para-hydroxylation sites is 3. The standard InChI is InChI=1S/C16H18N2/c1-12-8-4-5-9-14(12)18-13(2)17(3)15-10-6-7-11-16(15)18/h4-11,13H,1-3H3/t13-/m0/s1/i3D3. The van der Waals surface area contributed by atoms with E-state index in [0.717, 1.165) is 22.6 Å². The second kappa shape index (κ2) is 4.05. The number of benzene rings is 2. The quantitative estimate of drug-likeness (QED) is 0.746. The lowest BCUT2D eigenvalue weighted by atomic mass is 10.1. The highest BCUT2D eigenvalue weighted by atomic mass is 15.4. The van der Waals surface area contributed by atoms with Gasteiger partial charge < -0.3 is 9.80 Å². The van der Waals surface area contributed by atoms with Crippen molar-refractivity contribution < 1.29 is 4.11 Å². The summed E-state index contributed by atoms with van der Waals surface area (Å²) in [4.78, 5) is 3.60. The molecule has 0 saturated carbocycles. The van der Waals surface area contributed by atoms with E-state index in [4.69, 9.17) is 4.11 Å². The minimum absolute atomic E-state index is 0.254. The van der Waals surface area contributed by atoms with Gasteiger partial charge in [0.15, 0.2) is 0 Å². The molecule has 0 amide bonds. The first-order valence-corrected chi connectivity index (χ1v) is 6.14. The molecule has 1 atom stereocenters. The Morgan fingerprint density at radius 1 is 0.944 bits per heavy atom. The molecule has 0 spiro atoms. The molecule has 0 aromatic heterocycles. The van der Waals surface area contributed by atoms with E-state index in [2.05, 4.69) is 4.90 Å². The summed E-state index contributed by atoms with van der Waals surface area (Å²) in [6.45, 7) is 1.81. The molecule has 0 bridgehead atoms. The van der Waals surface area contributed by atoms with Crippen molar-refractivity contribution in [3.05, 3.63) is 54.1 Å². The second-order valence-electron chi connectivity index (χ2n) is 4.65. The fourth-order valence-corrected chi connectivity index (χ4v) is 2.55. The van der Waals surface area contributed by atoms with Crippen molar-refractivity contribution in [2.24, 2.45) is 0 Å². The molecule has 18 heavy (non-hydrogen) atoms. The summed E-state index contributed by atoms with van der Waals surface area (Å²) in [7, 11) is 0. The number of rotatable bonds is 1. The Hall–Kier alpha value is -1.96. The number of nitrogens with zero attached hydrogens (tertiary/aromatic N) is 2. The molecule has 0 saturated heterocycles. The zero-order chi connectivity index (χ0) is 15.2. The molecule has 2 heteroatoms. The zero-order valence-electron chi connectivity index (χ0n) is 13.6. The lowest BCUT2D eigenvalue weighted by molar-refractivity contribution is 0.732. The molecule has 2 aromatic carbocycles. The van der Waals surface area contributed by atoms with E-state index in [1.165, 1.54) is 4.90 Å². The molecule has 3 rings (SSSR count). The van der Waals surface area contributed by atoms with Crippen LogP contribution in [0.25, 0.3) is 0 Å². The van der Waals surface area contributed by atoms with Crippen molar-refractivity contribution in [1.82, 2.24) is 0 Å². The van der Waals surface area contributed by atoms with Gasteiger partial charge in [-0.2, -0.15) is 0 Å². The summed E-state index contributed by atoms with van der Waals surface area (Å²) in [6, 6.07) is 15.7. The Labute approximate surface area is 113 Å². The van der Waals surface area contributed by atoms with E-state index < -0.39 is 6.98 Å². The number of fused-ring (bicyclic) bond motifs is 1. The van der Waals surface area contributed by atoms with E-state index in [-0.39, 0.29) is 6.17 Å². The Morgan fingerprint density at radius 2 is 1.56 bits per heavy atom. The largest absolute Gasteiger partial charge is 0.353 e. The van der Waals surface area contributed by atoms with E-state index in [1.807, 2.05) is 62.4 Å². The summed E-state index contributed by atoms with van der Waals surface area (Å²) in [5, 5.41) is 0. The number of anilines is 3. The summed E-state index contributed by atoms with van der Waals surface area (Å²) < 4.78 is 23.5. The van der Waals surface area contributed by atoms with Crippen LogP contribution >= 0.6 is 0 Å². The first-order valence-electron chi connectivity index (χ1n) is 7.64. The van der Waals surface area contributed by atoms with E-state index in [9.17, 15) is 0 Å². The SMILES string of the molecule is [2H]C([2H])([2H])N1c2ccccc2N(c2ccccc2C)[C@H]1C. The van der Waals surface area contributed by atoms with Crippen LogP contribution < -0.4 is 9.80 Å². The van der Waals surface area contributed by atoms with Crippen molar-refractivity contribution in [3.63, 3.8) is 0 Å². The fourth-order valence-electron chi connectivity index (χ4n) is 2.55. The highest BCUT2D eigenvalue weighted by Crippen LogP contribution is 2.43. The molecule has 0 unspecified atom stereocenters. The maximum atomic E-state index is 7.83. The van der Waals surface area contributed by atoms with Crippen LogP contribution in [0, 0.1) is 6.92 Å². The fraction of sp³-hybridized carbons (Fsp3) is 0.250. The summed E-state index contributed by atoms with van der Waals surface area (Å²) >= 11 is 0. The smallest absolute Gasteiger partial charge is 0.103 e. The van der Waals surface area contributed by atoms with Gasteiger partial charge >= 0.3 is 0 Å². The van der Waals surface area contributed by atoms with Gasteiger partial charge in [-0.05, 0) is 37.6 Å². The lowest BCUT2D eigenvalue weighted by Gasteiger charge is -2.28. The predicted octanol–water partition coefficient (Wildman–Crippen LogP) is 3.93. The Bertz CT molecular complexity index is 667. The van der Waals surface area contributed by atoms with Crippen molar-refractivity contribution in [2.75, 3.05) is 16.8 Å². The first kappa shape index (κ1) is 8.20. The Kier molecular flexibility index (Phi) is 1.85. The number of hydrogen-bond acceptors (Lipinski definition) is 2. The third-order valence-corrected chi connectivity index (χ3v) is 3.52. The van der Waals surface area contributed by atoms with Crippen molar-refractivity contribution in [2.45, 2.75) is 20.0 Å². The van der Waals surface area contributed by atoms with Gasteiger partial charge in [-0.25, -0.2) is 0 Å². The maximum Gasteiger partial charge on any atom is 0.103 e. The molecule has 0 aliphatic carbocycles. The van der Waals surface area contributed by atoms with Crippen LogP contribution in [0.4, 0.5) is 17.1 Å². The Balaban J connectivity index is 2.18. The number of aryl methyl sites for hydroxylation is 1. The van der Waals surface area contributed by atoms with Gasteiger partial charge in [0, 0.05) is 16.8 Å². The van der Waals surface area contributed by atoms with Crippen LogP contribution in [-0.4, -0.2) is 13.1 Å². The average Bonchev–Trinajstić information content (AvgIpc) is 2.71. The molecule has 0 radical (unpaired) electrons. The highest BCUT2D eigenvalue weighted by molar-refractivity contribution is 5.84. The monoisotopic (exact) mass is 241 g/mol. The van der Waals surface area contributed by atoms with E-state index in [1.54, 1.807) is 0 Å². The molecule has 1 aliphatic rings. The van der Waals surface area contributed by atoms with Crippen LogP contribution in [0.5, 0.6) is 0 Å². The molecule has 2 aromatic rings. The van der Waals surface area contributed by atoms with Crippen LogP contribution in [-0.2, 0) is 0 Å². The minimum atomic E-state index is -2.16. The molecule has 1 aliphatic heterocycles. The van der Waals surface area contributed by atoms with Gasteiger partial charge in [-0.15, -0.1) is 0 Å². The van der Waals surface area contributed by atoms with Crippen molar-refractivity contribution in [3.8, 4) is 0 Å². The van der Waals surface area contributed by atoms with Crippen molar-refractivity contribution >= 4 is 17.1 Å².